The van der Waals surface area contributed by atoms with E-state index in [4.69, 9.17) is 4.18 Å². The van der Waals surface area contributed by atoms with Crippen molar-refractivity contribution in [3.63, 3.8) is 0 Å². The van der Waals surface area contributed by atoms with Crippen LogP contribution in [0, 0.1) is 0 Å². The van der Waals surface area contributed by atoms with Gasteiger partial charge in [-0.15, -0.1) is 0 Å². The number of carbonyl (C=O) groups excluding carboxylic acids is 2. The Kier molecular flexibility index (Phi) is 3.40. The summed E-state index contributed by atoms with van der Waals surface area (Å²) in [4.78, 5) is 26.3. The van der Waals surface area contributed by atoms with Crippen molar-refractivity contribution < 1.29 is 26.7 Å². The Morgan fingerprint density at radius 3 is 1.97 bits per heavy atom. The van der Waals surface area contributed by atoms with Gasteiger partial charge in [0.25, 0.3) is 11.8 Å². The highest BCUT2D eigenvalue weighted by molar-refractivity contribution is 7.80. The molecule has 0 saturated heterocycles. The molecule has 0 spiro atoms. The van der Waals surface area contributed by atoms with Crippen molar-refractivity contribution in [2.45, 2.75) is 31.0 Å². The first-order chi connectivity index (χ1) is 16.8. The first kappa shape index (κ1) is 19.6. The number of fused-ring (bicyclic) bond motifs is 13. The van der Waals surface area contributed by atoms with Gasteiger partial charge in [0.05, 0.1) is 28.2 Å². The molecule has 8 rings (SSSR count). The summed E-state index contributed by atoms with van der Waals surface area (Å²) in [6, 6.07) is 14.8. The fraction of sp³-hybridized carbons (Fsp3) is 0.200. The van der Waals surface area contributed by atoms with Gasteiger partial charge in [-0.3, -0.25) is 19.5 Å². The molecular formula is C25H17N3O6S. The van der Waals surface area contributed by atoms with Crippen LogP contribution in [-0.2, 0) is 14.6 Å². The zero-order chi connectivity index (χ0) is 23.8. The minimum Gasteiger partial charge on any atom is -0.335 e. The van der Waals surface area contributed by atoms with Crippen molar-refractivity contribution in [2.75, 3.05) is 0 Å². The molecule has 174 valence electrons. The molecule has 2 aliphatic heterocycles. The molecule has 1 aliphatic carbocycles. The van der Waals surface area contributed by atoms with Gasteiger partial charge in [-0.1, -0.05) is 36.4 Å². The van der Waals surface area contributed by atoms with Gasteiger partial charge >= 0.3 is 10.4 Å². The second-order valence-corrected chi connectivity index (χ2v) is 10.6. The number of rotatable bonds is 2. The summed E-state index contributed by atoms with van der Waals surface area (Å²) in [7, 11) is -4.68. The lowest BCUT2D eigenvalue weighted by Gasteiger charge is -2.23. The number of para-hydroxylation sites is 2. The Morgan fingerprint density at radius 2 is 1.37 bits per heavy atom. The predicted molar refractivity (Wildman–Crippen MR) is 128 cm³/mol. The van der Waals surface area contributed by atoms with E-state index in [9.17, 15) is 22.6 Å². The third kappa shape index (κ3) is 2.27. The number of benzene rings is 3. The molecule has 3 aliphatic rings. The van der Waals surface area contributed by atoms with Crippen LogP contribution in [0.1, 0.15) is 45.6 Å². The number of amides is 2. The van der Waals surface area contributed by atoms with Crippen LogP contribution in [0.25, 0.3) is 43.6 Å². The number of nitrogens with one attached hydrogen (secondary N) is 1. The average molecular weight is 487 g/mol. The summed E-state index contributed by atoms with van der Waals surface area (Å²) in [5.74, 6) is -0.847. The highest BCUT2D eigenvalue weighted by Crippen LogP contribution is 2.54. The molecule has 9 nitrogen and oxygen atoms in total. The summed E-state index contributed by atoms with van der Waals surface area (Å²) in [6.07, 6.45) is 0.150. The van der Waals surface area contributed by atoms with Gasteiger partial charge in [0.2, 0.25) is 0 Å². The lowest BCUT2D eigenvalue weighted by atomic mass is 9.96. The minimum atomic E-state index is -4.68. The number of imide groups is 1. The van der Waals surface area contributed by atoms with Crippen molar-refractivity contribution in [1.29, 1.82) is 0 Å². The van der Waals surface area contributed by atoms with Gasteiger partial charge in [0.15, 0.2) is 0 Å². The quantitative estimate of drug-likeness (QED) is 0.288. The van der Waals surface area contributed by atoms with Crippen LogP contribution in [0.2, 0.25) is 0 Å². The van der Waals surface area contributed by atoms with Gasteiger partial charge in [-0.25, -0.2) is 4.18 Å². The lowest BCUT2D eigenvalue weighted by Crippen LogP contribution is -2.25. The monoisotopic (exact) mass is 487 g/mol. The second kappa shape index (κ2) is 6.09. The summed E-state index contributed by atoms with van der Waals surface area (Å²) in [5, 5.41) is 5.57. The molecule has 10 heteroatoms. The molecule has 2 aromatic heterocycles. The van der Waals surface area contributed by atoms with Crippen LogP contribution in [0.4, 0.5) is 0 Å². The van der Waals surface area contributed by atoms with Crippen molar-refractivity contribution >= 4 is 65.8 Å². The largest absolute Gasteiger partial charge is 0.397 e. The fourth-order valence-electron chi connectivity index (χ4n) is 6.85. The summed E-state index contributed by atoms with van der Waals surface area (Å²) < 4.78 is 42.5. The molecule has 2 N–H and O–H groups in total. The molecule has 3 atom stereocenters. The van der Waals surface area contributed by atoms with E-state index in [1.165, 1.54) is 0 Å². The number of aromatic nitrogens is 2. The number of carbonyl (C=O) groups is 2. The minimum absolute atomic E-state index is 0.130. The predicted octanol–water partition coefficient (Wildman–Crippen LogP) is 3.86. The zero-order valence-corrected chi connectivity index (χ0v) is 18.9. The van der Waals surface area contributed by atoms with E-state index in [1.54, 1.807) is 0 Å². The maximum Gasteiger partial charge on any atom is 0.397 e. The van der Waals surface area contributed by atoms with Crippen LogP contribution in [0.3, 0.4) is 0 Å². The van der Waals surface area contributed by atoms with Gasteiger partial charge in [-0.2, -0.15) is 8.42 Å². The smallest absolute Gasteiger partial charge is 0.335 e. The molecule has 0 radical (unpaired) electrons. The van der Waals surface area contributed by atoms with Gasteiger partial charge < -0.3 is 9.13 Å². The van der Waals surface area contributed by atoms with E-state index in [0.717, 1.165) is 38.2 Å². The molecule has 2 bridgehead atoms. The molecule has 2 amide bonds. The average Bonchev–Trinajstić information content (AvgIpc) is 3.49. The van der Waals surface area contributed by atoms with Crippen LogP contribution in [-0.4, -0.2) is 40.0 Å². The topological polar surface area (TPSA) is 120 Å². The molecule has 1 saturated carbocycles. The van der Waals surface area contributed by atoms with Crippen LogP contribution < -0.4 is 5.32 Å². The van der Waals surface area contributed by atoms with Crippen molar-refractivity contribution in [2.24, 2.45) is 0 Å². The Balaban J connectivity index is 1.68. The number of nitrogens with zero attached hydrogens (tertiary/aromatic N) is 2. The molecular weight excluding hydrogens is 470 g/mol. The number of hydrogen-bond donors (Lipinski definition) is 2. The molecule has 4 heterocycles. The molecule has 35 heavy (non-hydrogen) atoms. The summed E-state index contributed by atoms with van der Waals surface area (Å²) in [5.41, 5.74) is 4.09. The normalized spacial score (nSPS) is 23.2. The Hall–Kier alpha value is -3.73. The van der Waals surface area contributed by atoms with Gasteiger partial charge in [0.1, 0.15) is 6.10 Å². The summed E-state index contributed by atoms with van der Waals surface area (Å²) in [6.45, 7) is 0. The highest BCUT2D eigenvalue weighted by Gasteiger charge is 2.46. The fourth-order valence-corrected chi connectivity index (χ4v) is 7.37. The van der Waals surface area contributed by atoms with Crippen molar-refractivity contribution in [3.05, 3.63) is 59.7 Å². The van der Waals surface area contributed by atoms with Gasteiger partial charge in [0, 0.05) is 38.6 Å². The van der Waals surface area contributed by atoms with E-state index >= 15 is 0 Å². The SMILES string of the molecule is O=C1NC(=O)c2c1c1c3ccccc3n3c1c1c2c2ccccc2n1C1CC3C[C@@H]1OS(=O)(=O)O. The molecule has 1 fully saturated rings. The second-order valence-electron chi connectivity index (χ2n) is 9.51. The van der Waals surface area contributed by atoms with E-state index in [1.807, 2.05) is 48.5 Å². The molecule has 5 aromatic rings. The van der Waals surface area contributed by atoms with Crippen molar-refractivity contribution in [1.82, 2.24) is 14.5 Å². The first-order valence-electron chi connectivity index (χ1n) is 11.4. The summed E-state index contributed by atoms with van der Waals surface area (Å²) >= 11 is 0. The third-order valence-corrected chi connectivity index (χ3v) is 8.36. The van der Waals surface area contributed by atoms with E-state index in [-0.39, 0.29) is 6.04 Å². The lowest BCUT2D eigenvalue weighted by molar-refractivity contribution is 0.0880. The van der Waals surface area contributed by atoms with Crippen LogP contribution in [0.5, 0.6) is 0 Å². The maximum absolute atomic E-state index is 13.2. The third-order valence-electron chi connectivity index (χ3n) is 7.87. The highest BCUT2D eigenvalue weighted by atomic mass is 32.3. The standard InChI is InChI=1S/C25H17N3O6S/c29-24-20-18-12-5-1-3-7-14(12)27-11-9-16(17(10-11)34-35(31,32)33)28-15-8-4-2-6-13(15)19(23(28)22(18)27)21(20)25(30)26-24/h1-8,11,16-17H,9-10H2,(H,26,29,30)(H,31,32,33)/t11?,16?,17-/m0/s1. The zero-order valence-electron chi connectivity index (χ0n) is 18.1. The van der Waals surface area contributed by atoms with E-state index in [0.29, 0.717) is 29.4 Å². The van der Waals surface area contributed by atoms with E-state index < -0.39 is 34.4 Å². The van der Waals surface area contributed by atoms with Crippen LogP contribution >= 0.6 is 0 Å². The number of hydrogen-bond acceptors (Lipinski definition) is 5. The molecule has 2 unspecified atom stereocenters. The van der Waals surface area contributed by atoms with E-state index in [2.05, 4.69) is 14.5 Å². The Bertz CT molecular complexity index is 1950. The van der Waals surface area contributed by atoms with Gasteiger partial charge in [-0.05, 0) is 25.0 Å². The van der Waals surface area contributed by atoms with Crippen molar-refractivity contribution in [3.8, 4) is 0 Å². The first-order valence-corrected chi connectivity index (χ1v) is 12.7. The Labute approximate surface area is 197 Å². The molecule has 3 aromatic carbocycles. The van der Waals surface area contributed by atoms with Crippen LogP contribution in [0.15, 0.2) is 48.5 Å². The Morgan fingerprint density at radius 1 is 0.829 bits per heavy atom. The maximum atomic E-state index is 13.2.